The number of nitrogens with one attached hydrogen (secondary N) is 1. The van der Waals surface area contributed by atoms with Crippen molar-refractivity contribution in [2.24, 2.45) is 0 Å². The predicted octanol–water partition coefficient (Wildman–Crippen LogP) is 4.68. The number of aryl methyl sites for hydroxylation is 1. The number of alkyl halides is 2. The van der Waals surface area contributed by atoms with Gasteiger partial charge in [0.25, 0.3) is 0 Å². The lowest BCUT2D eigenvalue weighted by atomic mass is 10.1. The van der Waals surface area contributed by atoms with Gasteiger partial charge in [-0.3, -0.25) is 0 Å². The third kappa shape index (κ3) is 4.32. The number of aromatic hydroxyl groups is 1. The molecule has 0 saturated carbocycles. The van der Waals surface area contributed by atoms with E-state index in [0.717, 1.165) is 15.7 Å². The van der Waals surface area contributed by atoms with Crippen molar-refractivity contribution >= 4 is 21.6 Å². The first-order valence-electron chi connectivity index (χ1n) is 6.22. The predicted molar refractivity (Wildman–Crippen MR) is 80.9 cm³/mol. The van der Waals surface area contributed by atoms with Crippen molar-refractivity contribution in [3.8, 4) is 11.5 Å². The van der Waals surface area contributed by atoms with Gasteiger partial charge in [0.1, 0.15) is 11.5 Å². The van der Waals surface area contributed by atoms with Crippen LogP contribution in [-0.4, -0.2) is 11.7 Å². The van der Waals surface area contributed by atoms with Crippen LogP contribution in [0.1, 0.15) is 11.1 Å². The van der Waals surface area contributed by atoms with Crippen molar-refractivity contribution in [1.82, 2.24) is 0 Å². The van der Waals surface area contributed by atoms with E-state index in [9.17, 15) is 13.9 Å². The Morgan fingerprint density at radius 2 is 2.00 bits per heavy atom. The molecular weight excluding hydrogens is 344 g/mol. The van der Waals surface area contributed by atoms with Gasteiger partial charge in [0, 0.05) is 22.3 Å². The minimum Gasteiger partial charge on any atom is -0.508 e. The Bertz CT molecular complexity index is 635. The van der Waals surface area contributed by atoms with Gasteiger partial charge in [-0.05, 0) is 48.9 Å². The first-order valence-corrected chi connectivity index (χ1v) is 7.02. The highest BCUT2D eigenvalue weighted by Crippen LogP contribution is 2.26. The highest BCUT2D eigenvalue weighted by molar-refractivity contribution is 9.10. The highest BCUT2D eigenvalue weighted by Gasteiger charge is 2.10. The number of phenolic OH excluding ortho intramolecular Hbond substituents is 1. The number of rotatable bonds is 5. The third-order valence-electron chi connectivity index (χ3n) is 2.92. The van der Waals surface area contributed by atoms with Crippen molar-refractivity contribution in [2.75, 3.05) is 5.32 Å². The quantitative estimate of drug-likeness (QED) is 0.763. The molecule has 0 atom stereocenters. The van der Waals surface area contributed by atoms with Gasteiger partial charge in [0.15, 0.2) is 0 Å². The molecule has 0 aromatic heterocycles. The molecule has 2 rings (SSSR count). The first-order chi connectivity index (χ1) is 9.95. The lowest BCUT2D eigenvalue weighted by Crippen LogP contribution is -2.07. The van der Waals surface area contributed by atoms with E-state index >= 15 is 0 Å². The monoisotopic (exact) mass is 357 g/mol. The number of hydrogen-bond donors (Lipinski definition) is 2. The molecule has 0 fully saturated rings. The van der Waals surface area contributed by atoms with E-state index < -0.39 is 6.61 Å². The minimum absolute atomic E-state index is 0.135. The van der Waals surface area contributed by atoms with E-state index in [1.165, 1.54) is 6.07 Å². The molecule has 0 spiro atoms. The van der Waals surface area contributed by atoms with E-state index in [1.54, 1.807) is 37.3 Å². The summed E-state index contributed by atoms with van der Waals surface area (Å²) in [5.41, 5.74) is 2.13. The van der Waals surface area contributed by atoms with Crippen LogP contribution in [0.15, 0.2) is 40.9 Å². The maximum absolute atomic E-state index is 12.4. The normalized spacial score (nSPS) is 10.7. The Hall–Kier alpha value is -1.82. The summed E-state index contributed by atoms with van der Waals surface area (Å²) in [5, 5.41) is 12.6. The molecule has 2 aromatic rings. The summed E-state index contributed by atoms with van der Waals surface area (Å²) in [6.07, 6.45) is 0. The molecule has 0 bridgehead atoms. The van der Waals surface area contributed by atoms with Crippen LogP contribution in [0.3, 0.4) is 0 Å². The van der Waals surface area contributed by atoms with Gasteiger partial charge in [-0.2, -0.15) is 8.78 Å². The molecule has 0 radical (unpaired) electrons. The van der Waals surface area contributed by atoms with E-state index in [0.29, 0.717) is 12.1 Å². The van der Waals surface area contributed by atoms with Crippen LogP contribution in [0.25, 0.3) is 0 Å². The fourth-order valence-electron chi connectivity index (χ4n) is 1.86. The maximum atomic E-state index is 12.4. The van der Waals surface area contributed by atoms with Gasteiger partial charge in [-0.1, -0.05) is 15.9 Å². The summed E-state index contributed by atoms with van der Waals surface area (Å²) < 4.78 is 30.0. The van der Waals surface area contributed by atoms with E-state index in [4.69, 9.17) is 0 Å². The third-order valence-corrected chi connectivity index (χ3v) is 3.41. The number of hydrogen-bond acceptors (Lipinski definition) is 3. The van der Waals surface area contributed by atoms with Crippen LogP contribution in [0.5, 0.6) is 11.5 Å². The molecule has 0 aliphatic carbocycles. The Balaban J connectivity index is 2.14. The molecule has 6 heteroatoms. The second-order valence-corrected chi connectivity index (χ2v) is 5.40. The molecule has 2 aromatic carbocycles. The summed E-state index contributed by atoms with van der Waals surface area (Å²) >= 11 is 3.31. The average Bonchev–Trinajstić information content (AvgIpc) is 2.42. The number of phenols is 1. The number of ether oxygens (including phenoxy) is 1. The maximum Gasteiger partial charge on any atom is 0.387 e. The average molecular weight is 358 g/mol. The van der Waals surface area contributed by atoms with Gasteiger partial charge in [-0.15, -0.1) is 0 Å². The van der Waals surface area contributed by atoms with E-state index in [1.807, 2.05) is 0 Å². The van der Waals surface area contributed by atoms with Gasteiger partial charge in [0.05, 0.1) is 0 Å². The number of benzene rings is 2. The first kappa shape index (κ1) is 15.6. The zero-order valence-corrected chi connectivity index (χ0v) is 12.8. The van der Waals surface area contributed by atoms with Gasteiger partial charge in [-0.25, -0.2) is 0 Å². The molecule has 0 heterocycles. The van der Waals surface area contributed by atoms with Crippen molar-refractivity contribution < 1.29 is 18.6 Å². The number of anilines is 1. The molecule has 0 aliphatic heterocycles. The van der Waals surface area contributed by atoms with Crippen LogP contribution in [-0.2, 0) is 6.54 Å². The van der Waals surface area contributed by atoms with Crippen LogP contribution in [0.2, 0.25) is 0 Å². The largest absolute Gasteiger partial charge is 0.508 e. The molecular formula is C15H14BrF2NO2. The molecule has 21 heavy (non-hydrogen) atoms. The van der Waals surface area contributed by atoms with Crippen molar-refractivity contribution in [1.29, 1.82) is 0 Å². The smallest absolute Gasteiger partial charge is 0.387 e. The van der Waals surface area contributed by atoms with Gasteiger partial charge in [0.2, 0.25) is 0 Å². The Kier molecular flexibility index (Phi) is 5.01. The SMILES string of the molecule is Cc1cc(NCc2cc(Br)ccc2OC(F)F)ccc1O. The molecule has 112 valence electrons. The number of halogens is 3. The van der Waals surface area contributed by atoms with Crippen molar-refractivity contribution in [3.05, 3.63) is 52.0 Å². The summed E-state index contributed by atoms with van der Waals surface area (Å²) in [7, 11) is 0. The van der Waals surface area contributed by atoms with Crippen molar-refractivity contribution in [3.63, 3.8) is 0 Å². The van der Waals surface area contributed by atoms with Crippen LogP contribution in [0, 0.1) is 6.92 Å². The lowest BCUT2D eigenvalue weighted by molar-refractivity contribution is -0.0504. The summed E-state index contributed by atoms with van der Waals surface area (Å²) in [4.78, 5) is 0. The highest BCUT2D eigenvalue weighted by atomic mass is 79.9. The Morgan fingerprint density at radius 3 is 2.67 bits per heavy atom. The summed E-state index contributed by atoms with van der Waals surface area (Å²) in [6, 6.07) is 9.93. The van der Waals surface area contributed by atoms with Crippen LogP contribution >= 0.6 is 15.9 Å². The fourth-order valence-corrected chi connectivity index (χ4v) is 2.27. The Labute approximate surface area is 129 Å². The second-order valence-electron chi connectivity index (χ2n) is 4.49. The molecule has 0 saturated heterocycles. The zero-order valence-electron chi connectivity index (χ0n) is 11.2. The van der Waals surface area contributed by atoms with E-state index in [-0.39, 0.29) is 11.5 Å². The van der Waals surface area contributed by atoms with E-state index in [2.05, 4.69) is 26.0 Å². The van der Waals surface area contributed by atoms with Crippen molar-refractivity contribution in [2.45, 2.75) is 20.1 Å². The van der Waals surface area contributed by atoms with Gasteiger partial charge < -0.3 is 15.2 Å². The summed E-state index contributed by atoms with van der Waals surface area (Å²) in [5.74, 6) is 0.348. The molecule has 0 unspecified atom stereocenters. The second kappa shape index (κ2) is 6.76. The van der Waals surface area contributed by atoms with Gasteiger partial charge >= 0.3 is 6.61 Å². The zero-order chi connectivity index (χ0) is 15.4. The summed E-state index contributed by atoms with van der Waals surface area (Å²) in [6.45, 7) is -0.753. The Morgan fingerprint density at radius 1 is 1.24 bits per heavy atom. The lowest BCUT2D eigenvalue weighted by Gasteiger charge is -2.13. The van der Waals surface area contributed by atoms with Crippen LogP contribution in [0.4, 0.5) is 14.5 Å². The minimum atomic E-state index is -2.86. The molecule has 0 amide bonds. The van der Waals surface area contributed by atoms with Crippen LogP contribution < -0.4 is 10.1 Å². The molecule has 0 aliphatic rings. The molecule has 2 N–H and O–H groups in total. The molecule has 3 nitrogen and oxygen atoms in total. The fraction of sp³-hybridized carbons (Fsp3) is 0.200. The standard InChI is InChI=1S/C15H14BrF2NO2/c1-9-6-12(3-4-13(9)20)19-8-10-7-11(16)2-5-14(10)21-15(17)18/h2-7,15,19-20H,8H2,1H3. The topological polar surface area (TPSA) is 41.5 Å².